The first-order chi connectivity index (χ1) is 20.1. The first-order valence-electron chi connectivity index (χ1n) is 12.5. The van der Waals surface area contributed by atoms with Gasteiger partial charge in [-0.2, -0.15) is 26.3 Å². The summed E-state index contributed by atoms with van der Waals surface area (Å²) in [7, 11) is 0. The Kier molecular flexibility index (Phi) is 8.74. The van der Waals surface area contributed by atoms with Crippen molar-refractivity contribution < 1.29 is 26.3 Å². The van der Waals surface area contributed by atoms with Crippen LogP contribution in [-0.2, 0) is 0 Å². The van der Waals surface area contributed by atoms with Crippen molar-refractivity contribution in [1.82, 2.24) is 9.97 Å². The summed E-state index contributed by atoms with van der Waals surface area (Å²) in [6.07, 6.45) is 3.22. The second-order valence-corrected chi connectivity index (χ2v) is 11.0. The molecule has 2 aromatic heterocycles. The monoisotopic (exact) mass is 610 g/mol. The Bertz CT molecular complexity index is 1670. The molecule has 0 N–H and O–H groups in total. The molecule has 0 radical (unpaired) electrons. The van der Waals surface area contributed by atoms with E-state index < -0.39 is 11.0 Å². The van der Waals surface area contributed by atoms with Gasteiger partial charge in [0.25, 0.3) is 0 Å². The fourth-order valence-electron chi connectivity index (χ4n) is 4.31. The zero-order valence-corrected chi connectivity index (χ0v) is 23.2. The normalized spacial score (nSPS) is 11.8. The number of thioether (sulfide) groups is 2. The van der Waals surface area contributed by atoms with Crippen molar-refractivity contribution in [3.05, 3.63) is 122 Å². The van der Waals surface area contributed by atoms with Gasteiger partial charge in [0.2, 0.25) is 0 Å². The second kappa shape index (κ2) is 12.5. The van der Waals surface area contributed by atoms with Crippen molar-refractivity contribution in [2.45, 2.75) is 20.8 Å². The van der Waals surface area contributed by atoms with Gasteiger partial charge in [-0.3, -0.25) is 9.97 Å². The molecule has 2 heterocycles. The molecular weight excluding hydrogens is 590 g/mol. The fourth-order valence-corrected chi connectivity index (χ4v) is 5.90. The molecule has 42 heavy (non-hydrogen) atoms. The van der Waals surface area contributed by atoms with Crippen LogP contribution in [0.15, 0.2) is 131 Å². The van der Waals surface area contributed by atoms with Crippen LogP contribution in [0.5, 0.6) is 0 Å². The topological polar surface area (TPSA) is 25.8 Å². The number of fused-ring (bicyclic) bond motifs is 2. The molecule has 0 atom stereocenters. The molecule has 0 spiro atoms. The van der Waals surface area contributed by atoms with E-state index in [9.17, 15) is 26.3 Å². The SMILES string of the molecule is FC(F)(F)Sc1c(-c2ccccc2)ncc2ccccc12.FC(F)(F)Sc1c(-c2ccccc2)ncc2ccccc12. The number of hydrogen-bond donors (Lipinski definition) is 0. The van der Waals surface area contributed by atoms with Crippen LogP contribution in [0.4, 0.5) is 26.3 Å². The molecule has 212 valence electrons. The van der Waals surface area contributed by atoms with E-state index in [4.69, 9.17) is 0 Å². The molecule has 2 nitrogen and oxygen atoms in total. The molecule has 4 aromatic carbocycles. The first kappa shape index (κ1) is 29.5. The number of rotatable bonds is 4. The third kappa shape index (κ3) is 7.24. The third-order valence-corrected chi connectivity index (χ3v) is 7.73. The molecule has 0 saturated heterocycles. The van der Waals surface area contributed by atoms with E-state index in [1.165, 1.54) is 0 Å². The van der Waals surface area contributed by atoms with E-state index in [0.717, 1.165) is 0 Å². The van der Waals surface area contributed by atoms with E-state index in [-0.39, 0.29) is 33.3 Å². The zero-order chi connectivity index (χ0) is 29.7. The fraction of sp³-hybridized carbons (Fsp3) is 0.0625. The van der Waals surface area contributed by atoms with Crippen molar-refractivity contribution in [3.63, 3.8) is 0 Å². The third-order valence-electron chi connectivity index (χ3n) is 6.04. The molecule has 0 saturated carbocycles. The number of aromatic nitrogens is 2. The highest BCUT2D eigenvalue weighted by molar-refractivity contribution is 8.00. The molecule has 0 aliphatic rings. The lowest BCUT2D eigenvalue weighted by atomic mass is 10.1. The maximum absolute atomic E-state index is 12.9. The smallest absolute Gasteiger partial charge is 0.254 e. The van der Waals surface area contributed by atoms with Gasteiger partial charge >= 0.3 is 11.0 Å². The predicted octanol–water partition coefficient (Wildman–Crippen LogP) is 11.0. The summed E-state index contributed by atoms with van der Waals surface area (Å²) < 4.78 is 77.4. The van der Waals surface area contributed by atoms with E-state index >= 15 is 0 Å². The van der Waals surface area contributed by atoms with Crippen LogP contribution >= 0.6 is 23.5 Å². The van der Waals surface area contributed by atoms with Crippen LogP contribution in [0.25, 0.3) is 44.1 Å². The van der Waals surface area contributed by atoms with Crippen molar-refractivity contribution in [1.29, 1.82) is 0 Å². The maximum atomic E-state index is 12.9. The number of benzene rings is 4. The van der Waals surface area contributed by atoms with Crippen LogP contribution in [0, 0.1) is 0 Å². The summed E-state index contributed by atoms with van der Waals surface area (Å²) in [4.78, 5) is 8.77. The first-order valence-corrected chi connectivity index (χ1v) is 14.1. The quantitative estimate of drug-likeness (QED) is 0.147. The highest BCUT2D eigenvalue weighted by Gasteiger charge is 2.33. The minimum absolute atomic E-state index is 0.111. The Hall–Kier alpha value is -4.02. The van der Waals surface area contributed by atoms with Gasteiger partial charge in [-0.15, -0.1) is 0 Å². The van der Waals surface area contributed by atoms with Crippen LogP contribution in [0.2, 0.25) is 0 Å². The lowest BCUT2D eigenvalue weighted by molar-refractivity contribution is -0.0336. The predicted molar refractivity (Wildman–Crippen MR) is 158 cm³/mol. The number of hydrogen-bond acceptors (Lipinski definition) is 4. The van der Waals surface area contributed by atoms with E-state index in [2.05, 4.69) is 9.97 Å². The highest BCUT2D eigenvalue weighted by atomic mass is 32.2. The lowest BCUT2D eigenvalue weighted by Gasteiger charge is -2.13. The van der Waals surface area contributed by atoms with E-state index in [0.29, 0.717) is 44.1 Å². The van der Waals surface area contributed by atoms with Gasteiger partial charge in [0.05, 0.1) is 21.2 Å². The Morgan fingerprint density at radius 2 is 0.762 bits per heavy atom. The molecule has 0 amide bonds. The summed E-state index contributed by atoms with van der Waals surface area (Å²) in [6.45, 7) is 0. The Morgan fingerprint density at radius 3 is 1.12 bits per heavy atom. The Morgan fingerprint density at radius 1 is 0.429 bits per heavy atom. The van der Waals surface area contributed by atoms with Gasteiger partial charge in [-0.25, -0.2) is 0 Å². The summed E-state index contributed by atoms with van der Waals surface area (Å²) in [5, 5.41) is 2.52. The second-order valence-electron chi connectivity index (χ2n) is 8.87. The van der Waals surface area contributed by atoms with Crippen molar-refractivity contribution in [3.8, 4) is 22.5 Å². The molecular formula is C32H20F6N2S2. The van der Waals surface area contributed by atoms with Crippen molar-refractivity contribution in [2.75, 3.05) is 0 Å². The molecule has 6 aromatic rings. The number of alkyl halides is 6. The standard InChI is InChI=1S/2C16H10F3NS/c2*17-16(18,19)21-15-13-9-5-4-8-12(13)10-20-14(15)11-6-2-1-3-7-11/h2*1-10H. The minimum atomic E-state index is -4.35. The van der Waals surface area contributed by atoms with Crippen LogP contribution in [0.1, 0.15) is 0 Å². The summed E-state index contributed by atoms with van der Waals surface area (Å²) in [5.41, 5.74) is -6.64. The Labute approximate surface area is 245 Å². The molecule has 0 aliphatic heterocycles. The number of halogens is 6. The zero-order valence-electron chi connectivity index (χ0n) is 21.5. The van der Waals surface area contributed by atoms with E-state index in [1.807, 2.05) is 12.1 Å². The van der Waals surface area contributed by atoms with Gasteiger partial charge in [-0.1, -0.05) is 109 Å². The Balaban J connectivity index is 0.000000168. The molecule has 0 fully saturated rings. The summed E-state index contributed by atoms with van der Waals surface area (Å²) in [5.74, 6) is 0. The number of pyridine rings is 2. The van der Waals surface area contributed by atoms with Gasteiger partial charge in [0, 0.05) is 34.3 Å². The minimum Gasteiger partial charge on any atom is -0.254 e. The molecule has 0 unspecified atom stereocenters. The largest absolute Gasteiger partial charge is 0.446 e. The van der Waals surface area contributed by atoms with Crippen molar-refractivity contribution >= 4 is 45.1 Å². The van der Waals surface area contributed by atoms with Gasteiger partial charge < -0.3 is 0 Å². The lowest BCUT2D eigenvalue weighted by Crippen LogP contribution is -2.01. The highest BCUT2D eigenvalue weighted by Crippen LogP contribution is 2.45. The summed E-state index contributed by atoms with van der Waals surface area (Å²) in [6, 6.07) is 31.8. The molecule has 10 heteroatoms. The summed E-state index contributed by atoms with van der Waals surface area (Å²) >= 11 is -0.222. The van der Waals surface area contributed by atoms with Crippen molar-refractivity contribution in [2.24, 2.45) is 0 Å². The van der Waals surface area contributed by atoms with Gasteiger partial charge in [0.15, 0.2) is 0 Å². The molecule has 0 bridgehead atoms. The van der Waals surface area contributed by atoms with Crippen LogP contribution in [-0.4, -0.2) is 21.0 Å². The van der Waals surface area contributed by atoms with Crippen LogP contribution < -0.4 is 0 Å². The van der Waals surface area contributed by atoms with Crippen LogP contribution in [0.3, 0.4) is 0 Å². The average Bonchev–Trinajstić information content (AvgIpc) is 2.97. The van der Waals surface area contributed by atoms with Gasteiger partial charge in [0.1, 0.15) is 0 Å². The maximum Gasteiger partial charge on any atom is 0.446 e. The van der Waals surface area contributed by atoms with Gasteiger partial charge in [-0.05, 0) is 34.3 Å². The number of nitrogens with zero attached hydrogens (tertiary/aromatic N) is 2. The molecule has 0 aliphatic carbocycles. The average molecular weight is 611 g/mol. The molecule has 6 rings (SSSR count). The van der Waals surface area contributed by atoms with E-state index in [1.54, 1.807) is 109 Å².